The average Bonchev–Trinajstić information content (AvgIpc) is 2.67. The Morgan fingerprint density at radius 1 is 1.11 bits per heavy atom. The van der Waals surface area contributed by atoms with E-state index in [-0.39, 0.29) is 23.7 Å². The van der Waals surface area contributed by atoms with Gasteiger partial charge in [0.1, 0.15) is 19.0 Å². The number of halogens is 1. The maximum atomic E-state index is 12.9. The summed E-state index contributed by atoms with van der Waals surface area (Å²) in [6.45, 7) is 5.25. The molecule has 0 radical (unpaired) electrons. The van der Waals surface area contributed by atoms with E-state index in [2.05, 4.69) is 19.2 Å². The standard InChI is InChI=1S/C21H24FNO3S/c1-14(2)21(15-3-8-18-19(13-15)26-11-10-25-18)23-20(24)9-12-27-17-6-4-16(22)5-7-17/h3-8,13-14,21H,9-12H2,1-2H3,(H,23,24)/t21-/m1/s1. The Bertz CT molecular complexity index is 779. The van der Waals surface area contributed by atoms with Crippen LogP contribution < -0.4 is 14.8 Å². The number of rotatable bonds is 7. The molecule has 0 saturated heterocycles. The molecule has 2 aromatic rings. The van der Waals surface area contributed by atoms with Gasteiger partial charge >= 0.3 is 0 Å². The Hall–Kier alpha value is -2.21. The molecule has 3 rings (SSSR count). The summed E-state index contributed by atoms with van der Waals surface area (Å²) in [4.78, 5) is 13.4. The van der Waals surface area contributed by atoms with Gasteiger partial charge in [-0.3, -0.25) is 4.79 Å². The first-order valence-electron chi connectivity index (χ1n) is 9.10. The summed E-state index contributed by atoms with van der Waals surface area (Å²) in [6.07, 6.45) is 0.399. The van der Waals surface area contributed by atoms with E-state index in [1.165, 1.54) is 12.1 Å². The summed E-state index contributed by atoms with van der Waals surface area (Å²) < 4.78 is 24.1. The number of amides is 1. The van der Waals surface area contributed by atoms with Crippen LogP contribution in [0, 0.1) is 11.7 Å². The number of hydrogen-bond donors (Lipinski definition) is 1. The van der Waals surface area contributed by atoms with Crippen LogP contribution in [-0.4, -0.2) is 24.9 Å². The number of ether oxygens (including phenoxy) is 2. The lowest BCUT2D eigenvalue weighted by Gasteiger charge is -2.25. The number of carbonyl (C=O) groups excluding carboxylic acids is 1. The molecule has 1 heterocycles. The van der Waals surface area contributed by atoms with Crippen molar-refractivity contribution in [2.75, 3.05) is 19.0 Å². The molecule has 4 nitrogen and oxygen atoms in total. The second kappa shape index (κ2) is 9.13. The van der Waals surface area contributed by atoms with Crippen LogP contribution in [0.4, 0.5) is 4.39 Å². The molecular formula is C21H24FNO3S. The quantitative estimate of drug-likeness (QED) is 0.704. The van der Waals surface area contributed by atoms with Crippen molar-refractivity contribution in [2.45, 2.75) is 31.2 Å². The fourth-order valence-electron chi connectivity index (χ4n) is 2.93. The Balaban J connectivity index is 1.57. The molecule has 1 aliphatic rings. The van der Waals surface area contributed by atoms with Gasteiger partial charge < -0.3 is 14.8 Å². The summed E-state index contributed by atoms with van der Waals surface area (Å²) >= 11 is 1.54. The molecule has 144 valence electrons. The maximum Gasteiger partial charge on any atom is 0.221 e. The SMILES string of the molecule is CC(C)[C@@H](NC(=O)CCSc1ccc(F)cc1)c1ccc2c(c1)OCCO2. The molecule has 6 heteroatoms. The third-order valence-corrected chi connectivity index (χ3v) is 5.33. The van der Waals surface area contributed by atoms with Gasteiger partial charge in [-0.1, -0.05) is 19.9 Å². The second-order valence-electron chi connectivity index (χ2n) is 6.74. The van der Waals surface area contributed by atoms with Gasteiger partial charge in [0.05, 0.1) is 6.04 Å². The topological polar surface area (TPSA) is 47.6 Å². The minimum atomic E-state index is -0.253. The minimum absolute atomic E-state index is 0.00167. The second-order valence-corrected chi connectivity index (χ2v) is 7.91. The first-order chi connectivity index (χ1) is 13.0. The zero-order chi connectivity index (χ0) is 19.2. The van der Waals surface area contributed by atoms with Crippen molar-refractivity contribution >= 4 is 17.7 Å². The van der Waals surface area contributed by atoms with Crippen molar-refractivity contribution in [3.05, 3.63) is 53.8 Å². The van der Waals surface area contributed by atoms with Crippen molar-refractivity contribution in [3.8, 4) is 11.5 Å². The van der Waals surface area contributed by atoms with Gasteiger partial charge in [0, 0.05) is 17.1 Å². The van der Waals surface area contributed by atoms with E-state index in [0.29, 0.717) is 25.4 Å². The summed E-state index contributed by atoms with van der Waals surface area (Å²) in [6, 6.07) is 12.0. The van der Waals surface area contributed by atoms with Crippen LogP contribution in [0.3, 0.4) is 0 Å². The number of hydrogen-bond acceptors (Lipinski definition) is 4. The highest BCUT2D eigenvalue weighted by molar-refractivity contribution is 7.99. The molecule has 0 fully saturated rings. The maximum absolute atomic E-state index is 12.9. The minimum Gasteiger partial charge on any atom is -0.486 e. The molecule has 0 spiro atoms. The van der Waals surface area contributed by atoms with Crippen molar-refractivity contribution in [1.82, 2.24) is 5.32 Å². The van der Waals surface area contributed by atoms with Gasteiger partial charge in [0.25, 0.3) is 0 Å². The first-order valence-corrected chi connectivity index (χ1v) is 10.1. The fraction of sp³-hybridized carbons (Fsp3) is 0.381. The highest BCUT2D eigenvalue weighted by atomic mass is 32.2. The lowest BCUT2D eigenvalue weighted by Crippen LogP contribution is -2.32. The van der Waals surface area contributed by atoms with Crippen LogP contribution in [0.15, 0.2) is 47.4 Å². The molecule has 0 aromatic heterocycles. The summed E-state index contributed by atoms with van der Waals surface area (Å²) in [7, 11) is 0. The number of fused-ring (bicyclic) bond motifs is 1. The first kappa shape index (κ1) is 19.5. The number of thioether (sulfide) groups is 1. The third kappa shape index (κ3) is 5.39. The van der Waals surface area contributed by atoms with Gasteiger partial charge in [0.2, 0.25) is 5.91 Å². The molecule has 0 saturated carbocycles. The van der Waals surface area contributed by atoms with E-state index in [1.54, 1.807) is 23.9 Å². The molecule has 1 atom stereocenters. The Labute approximate surface area is 163 Å². The highest BCUT2D eigenvalue weighted by Gasteiger charge is 2.21. The van der Waals surface area contributed by atoms with Crippen LogP contribution in [0.25, 0.3) is 0 Å². The van der Waals surface area contributed by atoms with E-state index in [9.17, 15) is 9.18 Å². The van der Waals surface area contributed by atoms with Crippen LogP contribution in [-0.2, 0) is 4.79 Å². The smallest absolute Gasteiger partial charge is 0.221 e. The van der Waals surface area contributed by atoms with Crippen molar-refractivity contribution in [1.29, 1.82) is 0 Å². The molecular weight excluding hydrogens is 365 g/mol. The van der Waals surface area contributed by atoms with Gasteiger partial charge in [0.15, 0.2) is 11.5 Å². The van der Waals surface area contributed by atoms with Crippen LogP contribution in [0.1, 0.15) is 31.9 Å². The van der Waals surface area contributed by atoms with Gasteiger partial charge in [-0.05, 0) is 47.9 Å². The van der Waals surface area contributed by atoms with E-state index < -0.39 is 0 Å². The normalized spacial score (nSPS) is 14.1. The van der Waals surface area contributed by atoms with Gasteiger partial charge in [-0.25, -0.2) is 4.39 Å². The molecule has 0 bridgehead atoms. The van der Waals surface area contributed by atoms with Crippen molar-refractivity contribution in [2.24, 2.45) is 5.92 Å². The summed E-state index contributed by atoms with van der Waals surface area (Å²) in [5, 5.41) is 3.13. The molecule has 1 N–H and O–H groups in total. The predicted octanol–water partition coefficient (Wildman–Crippen LogP) is 4.59. The van der Waals surface area contributed by atoms with Gasteiger partial charge in [-0.15, -0.1) is 11.8 Å². The molecule has 1 amide bonds. The molecule has 27 heavy (non-hydrogen) atoms. The van der Waals surface area contributed by atoms with Gasteiger partial charge in [-0.2, -0.15) is 0 Å². The highest BCUT2D eigenvalue weighted by Crippen LogP contribution is 2.34. The van der Waals surface area contributed by atoms with E-state index >= 15 is 0 Å². The van der Waals surface area contributed by atoms with E-state index in [0.717, 1.165) is 22.0 Å². The summed E-state index contributed by atoms with van der Waals surface area (Å²) in [5.74, 6) is 2.10. The Morgan fingerprint density at radius 2 is 1.81 bits per heavy atom. The lowest BCUT2D eigenvalue weighted by molar-refractivity contribution is -0.121. The molecule has 2 aromatic carbocycles. The monoisotopic (exact) mass is 389 g/mol. The fourth-order valence-corrected chi connectivity index (χ4v) is 3.78. The van der Waals surface area contributed by atoms with Crippen molar-refractivity contribution in [3.63, 3.8) is 0 Å². The average molecular weight is 389 g/mol. The molecule has 0 unspecified atom stereocenters. The molecule has 0 aliphatic carbocycles. The van der Waals surface area contributed by atoms with E-state index in [4.69, 9.17) is 9.47 Å². The lowest BCUT2D eigenvalue weighted by atomic mass is 9.95. The largest absolute Gasteiger partial charge is 0.486 e. The summed E-state index contributed by atoms with van der Waals surface area (Å²) in [5.41, 5.74) is 1.01. The Kier molecular flexibility index (Phi) is 6.61. The van der Waals surface area contributed by atoms with Crippen LogP contribution in [0.2, 0.25) is 0 Å². The zero-order valence-corrected chi connectivity index (χ0v) is 16.4. The number of benzene rings is 2. The van der Waals surface area contributed by atoms with Crippen LogP contribution in [0.5, 0.6) is 11.5 Å². The number of nitrogens with one attached hydrogen (secondary N) is 1. The predicted molar refractivity (Wildman–Crippen MR) is 105 cm³/mol. The Morgan fingerprint density at radius 3 is 2.52 bits per heavy atom. The van der Waals surface area contributed by atoms with Crippen molar-refractivity contribution < 1.29 is 18.7 Å². The third-order valence-electron chi connectivity index (χ3n) is 4.32. The number of carbonyl (C=O) groups is 1. The molecule has 1 aliphatic heterocycles. The zero-order valence-electron chi connectivity index (χ0n) is 15.5. The van der Waals surface area contributed by atoms with Crippen LogP contribution >= 0.6 is 11.8 Å². The van der Waals surface area contributed by atoms with E-state index in [1.807, 2.05) is 18.2 Å².